The summed E-state index contributed by atoms with van der Waals surface area (Å²) in [6.45, 7) is 3.22. The van der Waals surface area contributed by atoms with Crippen molar-refractivity contribution >= 4 is 49.7 Å². The van der Waals surface area contributed by atoms with Gasteiger partial charge in [0.1, 0.15) is 12.4 Å². The molecule has 0 spiro atoms. The minimum Gasteiger partial charge on any atom is -0.550 e. The molecule has 10 heteroatoms. The zero-order chi connectivity index (χ0) is 26.4. The number of halogens is 1. The molecule has 0 aliphatic rings. The van der Waals surface area contributed by atoms with Crippen LogP contribution in [0.15, 0.2) is 65.6 Å². The molecule has 35 heavy (non-hydrogen) atoms. The number of alkyl halides is 1. The second-order valence-corrected chi connectivity index (χ2v) is 10.5. The van der Waals surface area contributed by atoms with Gasteiger partial charge in [0.05, 0.1) is 24.4 Å². The normalized spacial score (nSPS) is 11.5. The smallest absolute Gasteiger partial charge is 0.262 e. The summed E-state index contributed by atoms with van der Waals surface area (Å²) in [6, 6.07) is 17.1. The van der Waals surface area contributed by atoms with E-state index >= 15 is 0 Å². The summed E-state index contributed by atoms with van der Waals surface area (Å²) in [5.74, 6) is -1.53. The van der Waals surface area contributed by atoms with Crippen molar-refractivity contribution in [2.45, 2.75) is 25.7 Å². The number of rotatable bonds is 7. The number of benzene rings is 3. The Morgan fingerprint density at radius 3 is 2.00 bits per heavy atom. The summed E-state index contributed by atoms with van der Waals surface area (Å²) >= 11 is 0. The van der Waals surface area contributed by atoms with E-state index < -0.39 is 34.0 Å². The van der Waals surface area contributed by atoms with E-state index in [1.165, 1.54) is 13.8 Å². The van der Waals surface area contributed by atoms with Crippen LogP contribution < -0.4 is 20.0 Å². The van der Waals surface area contributed by atoms with Crippen LogP contribution in [0.1, 0.15) is 20.8 Å². The van der Waals surface area contributed by atoms with Crippen molar-refractivity contribution in [2.75, 3.05) is 30.8 Å². The predicted octanol–water partition coefficient (Wildman–Crippen LogP) is 2.11. The first-order valence-corrected chi connectivity index (χ1v) is 12.3. The van der Waals surface area contributed by atoms with E-state index in [1.54, 1.807) is 42.5 Å². The fourth-order valence-electron chi connectivity index (χ4n) is 3.14. The van der Waals surface area contributed by atoms with Crippen molar-refractivity contribution in [3.05, 3.63) is 60.7 Å². The molecule has 0 bridgehead atoms. The first-order valence-electron chi connectivity index (χ1n) is 10.8. The highest BCUT2D eigenvalue weighted by Crippen LogP contribution is 2.28. The molecular formula is C25H30FN3O5S. The minimum atomic E-state index is -3.84. The number of sulfonamides is 1. The molecule has 8 nitrogen and oxygen atoms in total. The zero-order valence-corrected chi connectivity index (χ0v) is 21.1. The van der Waals surface area contributed by atoms with Gasteiger partial charge < -0.3 is 20.1 Å². The molecule has 3 rings (SSSR count). The van der Waals surface area contributed by atoms with Crippen molar-refractivity contribution in [2.24, 2.45) is 5.41 Å². The summed E-state index contributed by atoms with van der Waals surface area (Å²) in [5, 5.41) is 13.0. The fourth-order valence-corrected chi connectivity index (χ4v) is 4.43. The molecule has 0 unspecified atom stereocenters. The standard InChI is InChI=1S/C23H26FN3O3S.C2H4O2/c1-23(2,15-24)22(28)25-16-11-13-17(14-12-16)26-31(29,30)21-10-6-7-18-19(21)8-5-9-20(18)27(3)4;1-2(3)4/h5-14,26H,15H2,1-4H3,(H,25,28);1H3,(H,3,4). The Hall–Kier alpha value is -3.50. The molecule has 0 atom stereocenters. The number of quaternary nitrogens is 1. The van der Waals surface area contributed by atoms with Crippen LogP contribution >= 0.6 is 0 Å². The van der Waals surface area contributed by atoms with E-state index in [4.69, 9.17) is 9.90 Å². The van der Waals surface area contributed by atoms with Gasteiger partial charge in [-0.2, -0.15) is 0 Å². The van der Waals surface area contributed by atoms with Crippen LogP contribution in [0.2, 0.25) is 0 Å². The van der Waals surface area contributed by atoms with E-state index in [0.29, 0.717) is 16.8 Å². The fraction of sp³-hybridized carbons (Fsp3) is 0.280. The molecule has 0 aromatic heterocycles. The lowest BCUT2D eigenvalue weighted by Crippen LogP contribution is -3.00. The van der Waals surface area contributed by atoms with Crippen LogP contribution in [-0.2, 0) is 19.6 Å². The summed E-state index contributed by atoms with van der Waals surface area (Å²) < 4.78 is 41.8. The van der Waals surface area contributed by atoms with Crippen LogP contribution in [0.25, 0.3) is 10.8 Å². The van der Waals surface area contributed by atoms with Gasteiger partial charge in [0.25, 0.3) is 10.0 Å². The number of hydrogen-bond donors (Lipinski definition) is 3. The number of hydrogen-bond acceptors (Lipinski definition) is 5. The van der Waals surface area contributed by atoms with Gasteiger partial charge in [-0.1, -0.05) is 18.2 Å². The van der Waals surface area contributed by atoms with Gasteiger partial charge in [-0.05, 0) is 63.2 Å². The predicted molar refractivity (Wildman–Crippen MR) is 133 cm³/mol. The van der Waals surface area contributed by atoms with E-state index in [9.17, 15) is 17.6 Å². The number of fused-ring (bicyclic) bond motifs is 1. The average Bonchev–Trinajstić information content (AvgIpc) is 2.78. The number of anilines is 2. The average molecular weight is 504 g/mol. The van der Waals surface area contributed by atoms with Crippen molar-refractivity contribution in [1.29, 1.82) is 0 Å². The third-order valence-corrected chi connectivity index (χ3v) is 6.49. The minimum absolute atomic E-state index is 0.190. The third-order valence-electron chi connectivity index (χ3n) is 5.05. The summed E-state index contributed by atoms with van der Waals surface area (Å²) in [6.07, 6.45) is 0. The number of nitrogens with one attached hydrogen (secondary N) is 3. The van der Waals surface area contributed by atoms with Gasteiger partial charge >= 0.3 is 0 Å². The number of carbonyl (C=O) groups is 2. The van der Waals surface area contributed by atoms with E-state index in [2.05, 4.69) is 10.0 Å². The van der Waals surface area contributed by atoms with Crippen molar-refractivity contribution < 1.29 is 32.4 Å². The Kier molecular flexibility index (Phi) is 8.94. The van der Waals surface area contributed by atoms with Gasteiger partial charge in [0.15, 0.2) is 0 Å². The molecule has 3 aromatic rings. The van der Waals surface area contributed by atoms with Crippen LogP contribution in [0.5, 0.6) is 0 Å². The van der Waals surface area contributed by atoms with Crippen LogP contribution in [0.4, 0.5) is 21.5 Å². The molecule has 0 heterocycles. The van der Waals surface area contributed by atoms with Gasteiger partial charge in [-0.25, -0.2) is 12.8 Å². The maximum atomic E-state index is 13.1. The molecule has 188 valence electrons. The van der Waals surface area contributed by atoms with Crippen LogP contribution in [0, 0.1) is 5.41 Å². The van der Waals surface area contributed by atoms with Crippen molar-refractivity contribution in [3.63, 3.8) is 0 Å². The second-order valence-electron chi connectivity index (χ2n) is 8.80. The van der Waals surface area contributed by atoms with E-state index in [0.717, 1.165) is 22.9 Å². The molecular weight excluding hydrogens is 473 g/mol. The third kappa shape index (κ3) is 7.24. The Morgan fingerprint density at radius 1 is 0.943 bits per heavy atom. The lowest BCUT2D eigenvalue weighted by molar-refractivity contribution is -0.785. The van der Waals surface area contributed by atoms with E-state index in [-0.39, 0.29) is 4.90 Å². The zero-order valence-electron chi connectivity index (χ0n) is 20.3. The van der Waals surface area contributed by atoms with Crippen molar-refractivity contribution in [3.8, 4) is 0 Å². The molecule has 1 amide bonds. The molecule has 0 radical (unpaired) electrons. The first-order chi connectivity index (χ1) is 16.3. The molecule has 0 aliphatic carbocycles. The number of carbonyl (C=O) groups excluding carboxylic acids is 2. The monoisotopic (exact) mass is 503 g/mol. The van der Waals surface area contributed by atoms with E-state index in [1.807, 2.05) is 32.3 Å². The Balaban J connectivity index is 0.00000100. The largest absolute Gasteiger partial charge is 0.550 e. The topological polar surface area (TPSA) is 120 Å². The lowest BCUT2D eigenvalue weighted by atomic mass is 9.94. The Labute approximate surface area is 204 Å². The molecule has 0 saturated heterocycles. The molecule has 0 aliphatic heterocycles. The molecule has 0 saturated carbocycles. The first kappa shape index (κ1) is 27.7. The summed E-state index contributed by atoms with van der Waals surface area (Å²) in [7, 11) is 0.137. The van der Waals surface area contributed by atoms with Crippen LogP contribution in [0.3, 0.4) is 0 Å². The highest BCUT2D eigenvalue weighted by Gasteiger charge is 2.27. The molecule has 3 N–H and O–H groups in total. The summed E-state index contributed by atoms with van der Waals surface area (Å²) in [4.78, 5) is 22.3. The number of carboxylic acids is 1. The lowest BCUT2D eigenvalue weighted by Gasteiger charge is -2.19. The highest BCUT2D eigenvalue weighted by molar-refractivity contribution is 7.93. The SMILES string of the molecule is CC(=O)[O-].C[NH+](C)c1cccc2c(S(=O)(=O)Nc3ccc(NC(=O)C(C)(C)CF)cc3)cccc12. The number of amides is 1. The Bertz CT molecular complexity index is 1300. The van der Waals surface area contributed by atoms with Gasteiger partial charge in [-0.3, -0.25) is 9.52 Å². The van der Waals surface area contributed by atoms with Crippen LogP contribution in [-0.4, -0.2) is 41.1 Å². The number of carboxylic acid groups (broad SMARTS) is 1. The van der Waals surface area contributed by atoms with Gasteiger partial charge in [0.2, 0.25) is 5.91 Å². The molecule has 0 fully saturated rings. The maximum Gasteiger partial charge on any atom is 0.262 e. The highest BCUT2D eigenvalue weighted by atomic mass is 32.2. The molecule has 3 aromatic carbocycles. The Morgan fingerprint density at radius 2 is 1.46 bits per heavy atom. The van der Waals surface area contributed by atoms with Gasteiger partial charge in [-0.15, -0.1) is 0 Å². The van der Waals surface area contributed by atoms with Crippen molar-refractivity contribution in [1.82, 2.24) is 0 Å². The quantitative estimate of drug-likeness (QED) is 0.456. The maximum absolute atomic E-state index is 13.1. The second kappa shape index (κ2) is 11.3. The van der Waals surface area contributed by atoms with Gasteiger partial charge in [0, 0.05) is 28.1 Å². The number of aliphatic carboxylic acids is 1. The summed E-state index contributed by atoms with van der Waals surface area (Å²) in [5.41, 5.74) is 0.681.